The molecule has 0 unspecified atom stereocenters. The van der Waals surface area contributed by atoms with Gasteiger partial charge in [0.25, 0.3) is 0 Å². The molecule has 0 aliphatic carbocycles. The number of piperazine rings is 1. The molecule has 1 aliphatic rings. The van der Waals surface area contributed by atoms with Crippen molar-refractivity contribution in [1.82, 2.24) is 4.90 Å². The Morgan fingerprint density at radius 2 is 1.61 bits per heavy atom. The van der Waals surface area contributed by atoms with E-state index in [0.29, 0.717) is 31.9 Å². The summed E-state index contributed by atoms with van der Waals surface area (Å²) < 4.78 is 62.6. The van der Waals surface area contributed by atoms with Crippen LogP contribution in [0.5, 0.6) is 5.75 Å². The lowest BCUT2D eigenvalue weighted by atomic mass is 10.2. The predicted octanol–water partition coefficient (Wildman–Crippen LogP) is 1.58. The summed E-state index contributed by atoms with van der Waals surface area (Å²) in [5.74, 6) is -0.417. The molecule has 1 saturated heterocycles. The molecule has 2 rings (SSSR count). The fourth-order valence-electron chi connectivity index (χ4n) is 2.17. The van der Waals surface area contributed by atoms with Crippen molar-refractivity contribution in [3.63, 3.8) is 0 Å². The number of hydrogen-bond acceptors (Lipinski definition) is 5. The molecule has 1 fully saturated rings. The van der Waals surface area contributed by atoms with Gasteiger partial charge in [-0.25, -0.2) is 0 Å². The fourth-order valence-corrected chi connectivity index (χ4v) is 2.62. The van der Waals surface area contributed by atoms with Gasteiger partial charge in [0.05, 0.1) is 0 Å². The summed E-state index contributed by atoms with van der Waals surface area (Å²) in [6, 6.07) is 5.28. The Kier molecular flexibility index (Phi) is 4.73. The first-order valence-corrected chi connectivity index (χ1v) is 8.12. The van der Waals surface area contributed by atoms with Gasteiger partial charge in [0.1, 0.15) is 5.75 Å². The van der Waals surface area contributed by atoms with E-state index in [1.807, 2.05) is 4.90 Å². The molecule has 1 amide bonds. The molecule has 0 spiro atoms. The average Bonchev–Trinajstić information content (AvgIpc) is 2.46. The maximum absolute atomic E-state index is 12.2. The molecule has 0 bridgehead atoms. The van der Waals surface area contributed by atoms with Crippen LogP contribution in [0.25, 0.3) is 0 Å². The molecule has 10 heteroatoms. The quantitative estimate of drug-likeness (QED) is 0.610. The lowest BCUT2D eigenvalue weighted by molar-refractivity contribution is -0.129. The van der Waals surface area contributed by atoms with Gasteiger partial charge in [-0.15, -0.1) is 0 Å². The van der Waals surface area contributed by atoms with E-state index < -0.39 is 21.4 Å². The van der Waals surface area contributed by atoms with E-state index in [-0.39, 0.29) is 5.91 Å². The number of benzene rings is 1. The molecule has 1 aliphatic heterocycles. The van der Waals surface area contributed by atoms with Crippen molar-refractivity contribution in [1.29, 1.82) is 0 Å². The smallest absolute Gasteiger partial charge is 0.376 e. The first-order valence-electron chi connectivity index (χ1n) is 6.71. The van der Waals surface area contributed by atoms with E-state index in [2.05, 4.69) is 4.18 Å². The van der Waals surface area contributed by atoms with E-state index in [1.54, 1.807) is 4.90 Å². The molecule has 1 heterocycles. The van der Waals surface area contributed by atoms with Crippen LogP contribution in [0.1, 0.15) is 6.92 Å². The van der Waals surface area contributed by atoms with Crippen LogP contribution in [0.15, 0.2) is 24.3 Å². The minimum Gasteiger partial charge on any atom is -0.376 e. The highest BCUT2D eigenvalue weighted by molar-refractivity contribution is 7.88. The highest BCUT2D eigenvalue weighted by Gasteiger charge is 2.48. The zero-order valence-electron chi connectivity index (χ0n) is 12.2. The largest absolute Gasteiger partial charge is 0.534 e. The third-order valence-electron chi connectivity index (χ3n) is 3.42. The van der Waals surface area contributed by atoms with Crippen molar-refractivity contribution < 1.29 is 30.6 Å². The van der Waals surface area contributed by atoms with Crippen molar-refractivity contribution >= 4 is 21.7 Å². The second-order valence-electron chi connectivity index (χ2n) is 4.97. The van der Waals surface area contributed by atoms with Crippen LogP contribution in [0.3, 0.4) is 0 Å². The highest BCUT2D eigenvalue weighted by Crippen LogP contribution is 2.28. The van der Waals surface area contributed by atoms with Crippen molar-refractivity contribution in [3.05, 3.63) is 24.3 Å². The zero-order valence-corrected chi connectivity index (χ0v) is 13.0. The van der Waals surface area contributed by atoms with Crippen LogP contribution in [0.4, 0.5) is 18.9 Å². The Morgan fingerprint density at radius 3 is 2.04 bits per heavy atom. The van der Waals surface area contributed by atoms with Crippen LogP contribution in [0.2, 0.25) is 0 Å². The lowest BCUT2D eigenvalue weighted by Crippen LogP contribution is -2.48. The molecular formula is C13H15F3N2O4S. The minimum atomic E-state index is -5.66. The predicted molar refractivity (Wildman–Crippen MR) is 76.5 cm³/mol. The summed E-state index contributed by atoms with van der Waals surface area (Å²) >= 11 is 0. The molecule has 128 valence electrons. The minimum absolute atomic E-state index is 0.00856. The highest BCUT2D eigenvalue weighted by atomic mass is 32.2. The summed E-state index contributed by atoms with van der Waals surface area (Å²) in [7, 11) is -5.66. The zero-order chi connectivity index (χ0) is 17.3. The molecule has 6 nitrogen and oxygen atoms in total. The summed E-state index contributed by atoms with van der Waals surface area (Å²) in [6.07, 6.45) is 0. The third-order valence-corrected chi connectivity index (χ3v) is 4.40. The van der Waals surface area contributed by atoms with Gasteiger partial charge < -0.3 is 14.0 Å². The van der Waals surface area contributed by atoms with E-state index in [0.717, 1.165) is 12.1 Å². The van der Waals surface area contributed by atoms with Gasteiger partial charge in [-0.05, 0) is 24.3 Å². The molecule has 0 saturated carbocycles. The lowest BCUT2D eigenvalue weighted by Gasteiger charge is -2.35. The molecule has 0 N–H and O–H groups in total. The Bertz CT molecular complexity index is 665. The van der Waals surface area contributed by atoms with Gasteiger partial charge in [-0.2, -0.15) is 21.6 Å². The first kappa shape index (κ1) is 17.4. The van der Waals surface area contributed by atoms with Crippen molar-refractivity contribution in [2.75, 3.05) is 31.1 Å². The molecular weight excluding hydrogens is 337 g/mol. The third kappa shape index (κ3) is 4.06. The number of carbonyl (C=O) groups excluding carboxylic acids is 1. The summed E-state index contributed by atoms with van der Waals surface area (Å²) in [5, 5.41) is 0. The van der Waals surface area contributed by atoms with Gasteiger partial charge >= 0.3 is 15.6 Å². The topological polar surface area (TPSA) is 66.9 Å². The maximum Gasteiger partial charge on any atom is 0.534 e. The monoisotopic (exact) mass is 352 g/mol. The number of hydrogen-bond donors (Lipinski definition) is 0. The molecule has 23 heavy (non-hydrogen) atoms. The summed E-state index contributed by atoms with van der Waals surface area (Å²) in [6.45, 7) is 3.76. The average molecular weight is 352 g/mol. The molecule has 1 aromatic rings. The fraction of sp³-hybridized carbons (Fsp3) is 0.462. The van der Waals surface area contributed by atoms with Crippen LogP contribution < -0.4 is 9.08 Å². The number of alkyl halides is 3. The molecule has 0 radical (unpaired) electrons. The second kappa shape index (κ2) is 6.26. The normalized spacial score (nSPS) is 16.3. The number of carbonyl (C=O) groups is 1. The Balaban J connectivity index is 2.02. The number of anilines is 1. The number of nitrogens with zero attached hydrogens (tertiary/aromatic N) is 2. The molecule has 0 aromatic heterocycles. The van der Waals surface area contributed by atoms with Crippen molar-refractivity contribution in [2.24, 2.45) is 0 Å². The SMILES string of the molecule is CC(=O)N1CCN(c2ccc(OS(=O)(=O)C(F)(F)F)cc2)CC1. The molecule has 1 aromatic carbocycles. The Labute approximate surface area is 131 Å². The van der Waals surface area contributed by atoms with E-state index in [1.165, 1.54) is 19.1 Å². The van der Waals surface area contributed by atoms with Crippen LogP contribution in [-0.2, 0) is 14.9 Å². The van der Waals surface area contributed by atoms with Crippen LogP contribution in [0, 0.1) is 0 Å². The van der Waals surface area contributed by atoms with Crippen LogP contribution >= 0.6 is 0 Å². The van der Waals surface area contributed by atoms with Gasteiger partial charge in [0.15, 0.2) is 0 Å². The number of rotatable bonds is 3. The Morgan fingerprint density at radius 1 is 1.09 bits per heavy atom. The van der Waals surface area contributed by atoms with E-state index in [4.69, 9.17) is 0 Å². The van der Waals surface area contributed by atoms with Crippen molar-refractivity contribution in [3.8, 4) is 5.75 Å². The maximum atomic E-state index is 12.2. The van der Waals surface area contributed by atoms with E-state index in [9.17, 15) is 26.4 Å². The number of halogens is 3. The Hall–Kier alpha value is -1.97. The molecule has 0 atom stereocenters. The van der Waals surface area contributed by atoms with Crippen LogP contribution in [-0.4, -0.2) is 50.9 Å². The van der Waals surface area contributed by atoms with Crippen molar-refractivity contribution in [2.45, 2.75) is 12.4 Å². The van der Waals surface area contributed by atoms with Gasteiger partial charge in [0.2, 0.25) is 5.91 Å². The summed E-state index contributed by atoms with van der Waals surface area (Å²) in [5.41, 5.74) is -4.75. The number of amides is 1. The van der Waals surface area contributed by atoms with Gasteiger partial charge in [-0.1, -0.05) is 0 Å². The van der Waals surface area contributed by atoms with E-state index >= 15 is 0 Å². The van der Waals surface area contributed by atoms with Gasteiger partial charge in [-0.3, -0.25) is 4.79 Å². The van der Waals surface area contributed by atoms with Gasteiger partial charge in [0, 0.05) is 38.8 Å². The first-order chi connectivity index (χ1) is 10.6. The standard InChI is InChI=1S/C13H15F3N2O4S/c1-10(19)17-6-8-18(9-7-17)11-2-4-12(5-3-11)22-23(20,21)13(14,15)16/h2-5H,6-9H2,1H3. The second-order valence-corrected chi connectivity index (χ2v) is 6.51. The summed E-state index contributed by atoms with van der Waals surface area (Å²) in [4.78, 5) is 14.9.